The molecule has 4 nitrogen and oxygen atoms in total. The third-order valence-electron chi connectivity index (χ3n) is 5.94. The highest BCUT2D eigenvalue weighted by Gasteiger charge is 2.40. The van der Waals surface area contributed by atoms with Crippen molar-refractivity contribution in [1.29, 1.82) is 0 Å². The average Bonchev–Trinajstić information content (AvgIpc) is 3.24. The lowest BCUT2D eigenvalue weighted by atomic mass is 9.76. The number of fused-ring (bicyclic) bond motifs is 3. The van der Waals surface area contributed by atoms with E-state index < -0.39 is 0 Å². The molecule has 1 N–H and O–H groups in total. The molecule has 1 aliphatic heterocycles. The molecule has 3 aromatic carbocycles. The van der Waals surface area contributed by atoms with E-state index in [1.807, 2.05) is 18.2 Å². The number of hydrogen-bond donors (Lipinski definition) is 1. The first kappa shape index (κ1) is 16.8. The quantitative estimate of drug-likeness (QED) is 0.346. The highest BCUT2D eigenvalue weighted by atomic mass is 16.6. The van der Waals surface area contributed by atoms with Gasteiger partial charge in [-0.05, 0) is 41.2 Å². The second kappa shape index (κ2) is 6.64. The first-order chi connectivity index (χ1) is 13.7. The van der Waals surface area contributed by atoms with Gasteiger partial charge in [0, 0.05) is 17.7 Å². The summed E-state index contributed by atoms with van der Waals surface area (Å²) in [5.74, 6) is 0.546. The molecular weight excluding hydrogens is 348 g/mol. The van der Waals surface area contributed by atoms with Crippen molar-refractivity contribution < 1.29 is 4.92 Å². The number of allylic oxidation sites excluding steroid dienone is 2. The Morgan fingerprint density at radius 1 is 0.893 bits per heavy atom. The van der Waals surface area contributed by atoms with Crippen LogP contribution in [0.15, 0.2) is 84.9 Å². The minimum atomic E-state index is -0.275. The Kier molecular flexibility index (Phi) is 3.97. The van der Waals surface area contributed by atoms with Crippen LogP contribution in [-0.4, -0.2) is 4.92 Å². The summed E-state index contributed by atoms with van der Waals surface area (Å²) in [7, 11) is 0. The summed E-state index contributed by atoms with van der Waals surface area (Å²) in [5, 5.41) is 15.2. The summed E-state index contributed by atoms with van der Waals surface area (Å²) in [6.07, 6.45) is 5.40. The predicted molar refractivity (Wildman–Crippen MR) is 111 cm³/mol. The number of hydrogen-bond acceptors (Lipinski definition) is 3. The minimum Gasteiger partial charge on any atom is -0.377 e. The van der Waals surface area contributed by atoms with Gasteiger partial charge in [-0.3, -0.25) is 10.1 Å². The van der Waals surface area contributed by atoms with Crippen LogP contribution in [0.1, 0.15) is 29.5 Å². The van der Waals surface area contributed by atoms with Crippen LogP contribution in [0.3, 0.4) is 0 Å². The van der Waals surface area contributed by atoms with E-state index in [9.17, 15) is 10.1 Å². The molecule has 3 atom stereocenters. The van der Waals surface area contributed by atoms with Crippen molar-refractivity contribution in [1.82, 2.24) is 0 Å². The van der Waals surface area contributed by atoms with Crippen LogP contribution in [0, 0.1) is 16.0 Å². The van der Waals surface area contributed by atoms with Crippen LogP contribution in [0.2, 0.25) is 0 Å². The molecule has 28 heavy (non-hydrogen) atoms. The van der Waals surface area contributed by atoms with Crippen molar-refractivity contribution in [3.63, 3.8) is 0 Å². The fourth-order valence-corrected chi connectivity index (χ4v) is 4.63. The Balaban J connectivity index is 1.59. The third-order valence-corrected chi connectivity index (χ3v) is 5.94. The largest absolute Gasteiger partial charge is 0.377 e. The van der Waals surface area contributed by atoms with E-state index in [1.54, 1.807) is 12.1 Å². The van der Waals surface area contributed by atoms with Gasteiger partial charge in [-0.2, -0.15) is 0 Å². The fraction of sp³-hybridized carbons (Fsp3) is 0.167. The molecule has 1 heterocycles. The van der Waals surface area contributed by atoms with Gasteiger partial charge in [0.15, 0.2) is 0 Å². The lowest BCUT2D eigenvalue weighted by molar-refractivity contribution is -0.385. The summed E-state index contributed by atoms with van der Waals surface area (Å²) in [6, 6.07) is 23.9. The molecule has 0 radical (unpaired) electrons. The highest BCUT2D eigenvalue weighted by Crippen LogP contribution is 2.51. The number of para-hydroxylation sites is 1. The highest BCUT2D eigenvalue weighted by molar-refractivity contribution is 5.71. The maximum atomic E-state index is 11.6. The Bertz CT molecular complexity index is 1070. The fourth-order valence-electron chi connectivity index (χ4n) is 4.63. The Labute approximate surface area is 163 Å². The number of rotatable bonds is 3. The second-order valence-electron chi connectivity index (χ2n) is 7.46. The smallest absolute Gasteiger partial charge is 0.274 e. The molecule has 5 rings (SSSR count). The van der Waals surface area contributed by atoms with E-state index in [2.05, 4.69) is 59.9 Å². The SMILES string of the molecule is O=[N+]([O-])c1ccccc1[C@@H]1Nc2ccc(-c3ccccc3)cc2[C@@H]2C=CC[C@@H]21. The van der Waals surface area contributed by atoms with Gasteiger partial charge in [-0.25, -0.2) is 0 Å². The minimum absolute atomic E-state index is 0.0725. The van der Waals surface area contributed by atoms with Crippen LogP contribution >= 0.6 is 0 Å². The molecule has 0 aromatic heterocycles. The lowest BCUT2D eigenvalue weighted by Crippen LogP contribution is -2.29. The van der Waals surface area contributed by atoms with Crippen molar-refractivity contribution in [2.45, 2.75) is 18.4 Å². The van der Waals surface area contributed by atoms with Crippen molar-refractivity contribution in [3.8, 4) is 11.1 Å². The number of nitrogens with zero attached hydrogens (tertiary/aromatic N) is 1. The summed E-state index contributed by atoms with van der Waals surface area (Å²) >= 11 is 0. The van der Waals surface area contributed by atoms with Crippen LogP contribution in [0.4, 0.5) is 11.4 Å². The van der Waals surface area contributed by atoms with Crippen molar-refractivity contribution in [2.75, 3.05) is 5.32 Å². The topological polar surface area (TPSA) is 55.2 Å². The number of nitro groups is 1. The summed E-state index contributed by atoms with van der Waals surface area (Å²) in [5.41, 5.74) is 5.69. The first-order valence-corrected chi connectivity index (χ1v) is 9.58. The number of nitro benzene ring substituents is 1. The molecule has 0 spiro atoms. The number of benzene rings is 3. The van der Waals surface area contributed by atoms with Crippen LogP contribution < -0.4 is 5.32 Å². The Morgan fingerprint density at radius 2 is 1.68 bits per heavy atom. The summed E-state index contributed by atoms with van der Waals surface area (Å²) in [6.45, 7) is 0. The molecule has 0 saturated carbocycles. The first-order valence-electron chi connectivity index (χ1n) is 9.58. The lowest BCUT2D eigenvalue weighted by Gasteiger charge is -2.37. The van der Waals surface area contributed by atoms with Gasteiger partial charge in [0.25, 0.3) is 5.69 Å². The van der Waals surface area contributed by atoms with E-state index in [0.717, 1.165) is 17.7 Å². The van der Waals surface area contributed by atoms with Crippen LogP contribution in [0.5, 0.6) is 0 Å². The van der Waals surface area contributed by atoms with Crippen molar-refractivity contribution in [2.24, 2.45) is 5.92 Å². The van der Waals surface area contributed by atoms with Gasteiger partial charge in [0.05, 0.1) is 16.5 Å². The molecule has 1 aliphatic carbocycles. The number of anilines is 1. The van der Waals surface area contributed by atoms with E-state index in [-0.39, 0.29) is 28.5 Å². The van der Waals surface area contributed by atoms with E-state index in [1.165, 1.54) is 16.7 Å². The molecule has 2 aliphatic rings. The van der Waals surface area contributed by atoms with Gasteiger partial charge in [-0.1, -0.05) is 66.7 Å². The van der Waals surface area contributed by atoms with E-state index >= 15 is 0 Å². The molecule has 0 fully saturated rings. The van der Waals surface area contributed by atoms with Crippen molar-refractivity contribution in [3.05, 3.63) is 106 Å². The zero-order valence-electron chi connectivity index (χ0n) is 15.3. The molecule has 0 bridgehead atoms. The van der Waals surface area contributed by atoms with Gasteiger partial charge in [0.1, 0.15) is 0 Å². The normalized spacial score (nSPS) is 22.2. The van der Waals surface area contributed by atoms with Gasteiger partial charge in [0.2, 0.25) is 0 Å². The standard InChI is InChI=1S/C24H20N2O2/c27-26(28)23-12-5-4-9-20(23)24-19-11-6-10-18(19)21-15-17(13-14-22(21)25-24)16-7-2-1-3-8-16/h1-10,12-15,18-19,24-25H,11H2/t18-,19+,24-/m1/s1. The van der Waals surface area contributed by atoms with E-state index in [0.29, 0.717) is 0 Å². The molecule has 138 valence electrons. The Hall–Kier alpha value is -3.40. The zero-order valence-corrected chi connectivity index (χ0v) is 15.3. The van der Waals surface area contributed by atoms with E-state index in [4.69, 9.17) is 0 Å². The molecule has 3 aromatic rings. The average molecular weight is 368 g/mol. The van der Waals surface area contributed by atoms with Crippen LogP contribution in [0.25, 0.3) is 11.1 Å². The molecule has 4 heteroatoms. The van der Waals surface area contributed by atoms with Gasteiger partial charge in [-0.15, -0.1) is 0 Å². The third kappa shape index (κ3) is 2.69. The van der Waals surface area contributed by atoms with Gasteiger partial charge < -0.3 is 5.32 Å². The molecule has 0 amide bonds. The monoisotopic (exact) mass is 368 g/mol. The molecule has 0 saturated heterocycles. The summed E-state index contributed by atoms with van der Waals surface area (Å²) < 4.78 is 0. The maximum Gasteiger partial charge on any atom is 0.274 e. The van der Waals surface area contributed by atoms with Crippen molar-refractivity contribution >= 4 is 11.4 Å². The second-order valence-corrected chi connectivity index (χ2v) is 7.46. The molecule has 0 unspecified atom stereocenters. The number of nitrogens with one attached hydrogen (secondary N) is 1. The Morgan fingerprint density at radius 3 is 2.50 bits per heavy atom. The predicted octanol–water partition coefficient (Wildman–Crippen LogP) is 6.09. The van der Waals surface area contributed by atoms with Gasteiger partial charge >= 0.3 is 0 Å². The van der Waals surface area contributed by atoms with Crippen LogP contribution in [-0.2, 0) is 0 Å². The zero-order chi connectivity index (χ0) is 19.1. The summed E-state index contributed by atoms with van der Waals surface area (Å²) in [4.78, 5) is 11.3. The maximum absolute atomic E-state index is 11.6. The molecular formula is C24H20N2O2.